The van der Waals surface area contributed by atoms with Crippen LogP contribution in [0.3, 0.4) is 0 Å². The summed E-state index contributed by atoms with van der Waals surface area (Å²) >= 11 is 0. The SMILES string of the molecule is C=CCOC(CN1CCN(C(=O)COCc2ccccc2)CC1)c1cccc(N2CCCC2)c1. The zero-order valence-corrected chi connectivity index (χ0v) is 20.1. The van der Waals surface area contributed by atoms with Crippen molar-refractivity contribution in [3.8, 4) is 0 Å². The standard InChI is InChI=1S/C28H37N3O3/c1-2-19-34-27(25-11-8-12-26(20-25)30-13-6-7-14-30)21-29-15-17-31(18-16-29)28(32)23-33-22-24-9-4-3-5-10-24/h2-5,8-12,20,27H,1,6-7,13-19,21-23H2. The lowest BCUT2D eigenvalue weighted by Crippen LogP contribution is -2.50. The molecule has 1 atom stereocenters. The molecule has 2 aromatic carbocycles. The molecule has 2 aliphatic heterocycles. The first kappa shape index (κ1) is 24.5. The minimum absolute atomic E-state index is 0.0167. The second-order valence-corrected chi connectivity index (χ2v) is 9.06. The first-order chi connectivity index (χ1) is 16.7. The summed E-state index contributed by atoms with van der Waals surface area (Å²) in [5, 5.41) is 0. The molecule has 0 saturated carbocycles. The molecule has 182 valence electrons. The van der Waals surface area contributed by atoms with E-state index in [2.05, 4.69) is 40.6 Å². The van der Waals surface area contributed by atoms with Crippen molar-refractivity contribution in [2.24, 2.45) is 0 Å². The van der Waals surface area contributed by atoms with Gasteiger partial charge in [0.1, 0.15) is 6.61 Å². The Labute approximate surface area is 203 Å². The normalized spacial score (nSPS) is 17.6. The molecule has 4 rings (SSSR count). The molecule has 2 aromatic rings. The molecule has 1 unspecified atom stereocenters. The van der Waals surface area contributed by atoms with Gasteiger partial charge in [-0.1, -0.05) is 48.5 Å². The van der Waals surface area contributed by atoms with Gasteiger partial charge in [0.2, 0.25) is 5.91 Å². The number of rotatable bonds is 11. The summed E-state index contributed by atoms with van der Waals surface area (Å²) in [4.78, 5) is 19.3. The largest absolute Gasteiger partial charge is 0.372 e. The second kappa shape index (κ2) is 12.7. The van der Waals surface area contributed by atoms with Gasteiger partial charge in [-0.05, 0) is 36.1 Å². The van der Waals surface area contributed by atoms with Gasteiger partial charge in [-0.15, -0.1) is 6.58 Å². The maximum Gasteiger partial charge on any atom is 0.248 e. The van der Waals surface area contributed by atoms with Crippen molar-refractivity contribution in [1.82, 2.24) is 9.80 Å². The Bertz CT molecular complexity index is 906. The van der Waals surface area contributed by atoms with E-state index in [1.165, 1.54) is 24.1 Å². The van der Waals surface area contributed by atoms with Crippen molar-refractivity contribution < 1.29 is 14.3 Å². The molecular formula is C28H37N3O3. The molecule has 0 aromatic heterocycles. The van der Waals surface area contributed by atoms with E-state index in [0.717, 1.165) is 51.4 Å². The third-order valence-corrected chi connectivity index (χ3v) is 6.61. The third-order valence-electron chi connectivity index (χ3n) is 6.61. The molecular weight excluding hydrogens is 426 g/mol. The van der Waals surface area contributed by atoms with Gasteiger partial charge in [0.05, 0.1) is 19.3 Å². The number of benzene rings is 2. The van der Waals surface area contributed by atoms with Gasteiger partial charge in [0.25, 0.3) is 0 Å². The summed E-state index contributed by atoms with van der Waals surface area (Å²) in [6.45, 7) is 11.1. The first-order valence-electron chi connectivity index (χ1n) is 12.4. The van der Waals surface area contributed by atoms with Crippen molar-refractivity contribution in [2.75, 3.05) is 63.9 Å². The maximum atomic E-state index is 12.6. The van der Waals surface area contributed by atoms with Crippen LogP contribution >= 0.6 is 0 Å². The summed E-state index contributed by atoms with van der Waals surface area (Å²) in [6.07, 6.45) is 4.32. The highest BCUT2D eigenvalue weighted by Crippen LogP contribution is 2.26. The average molecular weight is 464 g/mol. The molecule has 2 saturated heterocycles. The third kappa shape index (κ3) is 6.92. The zero-order valence-electron chi connectivity index (χ0n) is 20.1. The van der Waals surface area contributed by atoms with Crippen LogP contribution in [-0.4, -0.2) is 74.7 Å². The van der Waals surface area contributed by atoms with E-state index in [1.54, 1.807) is 0 Å². The van der Waals surface area contributed by atoms with Crippen LogP contribution in [0.25, 0.3) is 0 Å². The van der Waals surface area contributed by atoms with Crippen LogP contribution < -0.4 is 4.90 Å². The summed E-state index contributed by atoms with van der Waals surface area (Å²) in [5.74, 6) is 0.0633. The Morgan fingerprint density at radius 1 is 0.971 bits per heavy atom. The highest BCUT2D eigenvalue weighted by molar-refractivity contribution is 5.77. The maximum absolute atomic E-state index is 12.6. The Hall–Kier alpha value is -2.67. The summed E-state index contributed by atoms with van der Waals surface area (Å²) < 4.78 is 11.8. The lowest BCUT2D eigenvalue weighted by atomic mass is 10.1. The average Bonchev–Trinajstić information content (AvgIpc) is 3.43. The van der Waals surface area contributed by atoms with Crippen molar-refractivity contribution in [2.45, 2.75) is 25.6 Å². The summed E-state index contributed by atoms with van der Waals surface area (Å²) in [6, 6.07) is 18.7. The molecule has 2 fully saturated rings. The van der Waals surface area contributed by atoms with E-state index >= 15 is 0 Å². The first-order valence-corrected chi connectivity index (χ1v) is 12.4. The quantitative estimate of drug-likeness (QED) is 0.473. The Balaban J connectivity index is 1.27. The monoisotopic (exact) mass is 463 g/mol. The van der Waals surface area contributed by atoms with Gasteiger partial charge >= 0.3 is 0 Å². The number of ether oxygens (including phenoxy) is 2. The Morgan fingerprint density at radius 2 is 1.74 bits per heavy atom. The molecule has 6 nitrogen and oxygen atoms in total. The van der Waals surface area contributed by atoms with Gasteiger partial charge in [-0.2, -0.15) is 0 Å². The molecule has 0 N–H and O–H groups in total. The molecule has 0 aliphatic carbocycles. The van der Waals surface area contributed by atoms with Gasteiger partial charge < -0.3 is 19.3 Å². The Morgan fingerprint density at radius 3 is 2.47 bits per heavy atom. The molecule has 2 aliphatic rings. The topological polar surface area (TPSA) is 45.3 Å². The van der Waals surface area contributed by atoms with Crippen LogP contribution in [-0.2, 0) is 20.9 Å². The minimum Gasteiger partial charge on any atom is -0.372 e. The number of carbonyl (C=O) groups excluding carboxylic acids is 1. The molecule has 0 spiro atoms. The van der Waals surface area contributed by atoms with Crippen LogP contribution in [0.1, 0.15) is 30.1 Å². The molecule has 2 heterocycles. The smallest absolute Gasteiger partial charge is 0.248 e. The molecule has 0 radical (unpaired) electrons. The van der Waals surface area contributed by atoms with Crippen molar-refractivity contribution in [3.05, 3.63) is 78.4 Å². The number of piperazine rings is 1. The molecule has 0 bridgehead atoms. The fraction of sp³-hybridized carbons (Fsp3) is 0.464. The van der Waals surface area contributed by atoms with E-state index in [9.17, 15) is 4.79 Å². The molecule has 1 amide bonds. The van der Waals surface area contributed by atoms with Crippen molar-refractivity contribution in [3.63, 3.8) is 0 Å². The molecule has 34 heavy (non-hydrogen) atoms. The number of anilines is 1. The number of hydrogen-bond acceptors (Lipinski definition) is 5. The van der Waals surface area contributed by atoms with Crippen LogP contribution in [0.5, 0.6) is 0 Å². The van der Waals surface area contributed by atoms with E-state index in [1.807, 2.05) is 41.3 Å². The van der Waals surface area contributed by atoms with Gasteiger partial charge in [0, 0.05) is 51.5 Å². The predicted octanol–water partition coefficient (Wildman–Crippen LogP) is 3.89. The number of carbonyl (C=O) groups is 1. The lowest BCUT2D eigenvalue weighted by molar-refractivity contribution is -0.138. The van der Waals surface area contributed by atoms with Gasteiger partial charge in [-0.3, -0.25) is 9.69 Å². The van der Waals surface area contributed by atoms with Gasteiger partial charge in [-0.25, -0.2) is 0 Å². The van der Waals surface area contributed by atoms with E-state index in [0.29, 0.717) is 13.2 Å². The zero-order chi connectivity index (χ0) is 23.6. The van der Waals surface area contributed by atoms with E-state index in [4.69, 9.17) is 9.47 Å². The van der Waals surface area contributed by atoms with E-state index < -0.39 is 0 Å². The number of hydrogen-bond donors (Lipinski definition) is 0. The summed E-state index contributed by atoms with van der Waals surface area (Å²) in [7, 11) is 0. The number of nitrogens with zero attached hydrogens (tertiary/aromatic N) is 3. The highest BCUT2D eigenvalue weighted by atomic mass is 16.5. The van der Waals surface area contributed by atoms with Crippen LogP contribution in [0, 0.1) is 0 Å². The fourth-order valence-corrected chi connectivity index (χ4v) is 4.67. The van der Waals surface area contributed by atoms with Gasteiger partial charge in [0.15, 0.2) is 0 Å². The fourth-order valence-electron chi connectivity index (χ4n) is 4.67. The highest BCUT2D eigenvalue weighted by Gasteiger charge is 2.24. The minimum atomic E-state index is -0.0167. The predicted molar refractivity (Wildman–Crippen MR) is 136 cm³/mol. The van der Waals surface area contributed by atoms with Crippen LogP contribution in [0.15, 0.2) is 67.3 Å². The van der Waals surface area contributed by atoms with Crippen molar-refractivity contribution in [1.29, 1.82) is 0 Å². The van der Waals surface area contributed by atoms with Crippen molar-refractivity contribution >= 4 is 11.6 Å². The summed E-state index contributed by atoms with van der Waals surface area (Å²) in [5.41, 5.74) is 3.58. The van der Waals surface area contributed by atoms with Crippen LogP contribution in [0.2, 0.25) is 0 Å². The Kier molecular flexibility index (Phi) is 9.13. The lowest BCUT2D eigenvalue weighted by Gasteiger charge is -2.36. The number of amides is 1. The van der Waals surface area contributed by atoms with Crippen LogP contribution in [0.4, 0.5) is 5.69 Å². The van der Waals surface area contributed by atoms with E-state index in [-0.39, 0.29) is 18.6 Å². The second-order valence-electron chi connectivity index (χ2n) is 9.06. The molecule has 6 heteroatoms.